The van der Waals surface area contributed by atoms with Gasteiger partial charge in [0.05, 0.1) is 40.3 Å². The van der Waals surface area contributed by atoms with Crippen molar-refractivity contribution in [3.05, 3.63) is 0 Å². The second kappa shape index (κ2) is 5.69. The van der Waals surface area contributed by atoms with E-state index in [-0.39, 0.29) is 0 Å². The molecule has 26 heavy (non-hydrogen) atoms. The summed E-state index contributed by atoms with van der Waals surface area (Å²) in [6, 6.07) is 0. The molecule has 0 aliphatic heterocycles. The summed E-state index contributed by atoms with van der Waals surface area (Å²) in [5, 5.41) is 0. The number of ether oxygens (including phenoxy) is 4. The van der Waals surface area contributed by atoms with Crippen molar-refractivity contribution in [2.45, 2.75) is 27.7 Å². The molecule has 0 aromatic carbocycles. The molecule has 0 N–H and O–H groups in total. The van der Waals surface area contributed by atoms with Crippen LogP contribution in [0.1, 0.15) is 27.7 Å². The van der Waals surface area contributed by atoms with E-state index in [0.717, 1.165) is 0 Å². The van der Waals surface area contributed by atoms with Crippen LogP contribution in [0.2, 0.25) is 0 Å². The molecule has 0 amide bonds. The van der Waals surface area contributed by atoms with Gasteiger partial charge in [0.1, 0.15) is 10.8 Å². The maximum atomic E-state index is 13.0. The quantitative estimate of drug-likeness (QED) is 0.521. The van der Waals surface area contributed by atoms with Crippen LogP contribution >= 0.6 is 0 Å². The number of carbonyl (C=O) groups is 4. The average molecular weight is 370 g/mol. The molecule has 146 valence electrons. The van der Waals surface area contributed by atoms with Crippen molar-refractivity contribution < 1.29 is 38.1 Å². The Balaban J connectivity index is 2.82. The SMILES string of the molecule is COC(=O)C1C(C)(C)[C@]1(C(=O)OC)[C@]1(C(=O)OC)C(C(=O)OC)C1(C)C. The first-order valence-corrected chi connectivity index (χ1v) is 8.25. The molecular formula is C18H26O8. The summed E-state index contributed by atoms with van der Waals surface area (Å²) in [6.07, 6.45) is 0. The third kappa shape index (κ3) is 1.80. The van der Waals surface area contributed by atoms with Crippen molar-refractivity contribution in [1.29, 1.82) is 0 Å². The topological polar surface area (TPSA) is 105 Å². The summed E-state index contributed by atoms with van der Waals surface area (Å²) < 4.78 is 19.8. The molecule has 8 nitrogen and oxygen atoms in total. The van der Waals surface area contributed by atoms with Crippen molar-refractivity contribution in [3.63, 3.8) is 0 Å². The first-order chi connectivity index (χ1) is 11.9. The molecule has 0 radical (unpaired) electrons. The van der Waals surface area contributed by atoms with Crippen LogP contribution in [-0.2, 0) is 38.1 Å². The predicted molar refractivity (Wildman–Crippen MR) is 87.5 cm³/mol. The Bertz CT molecular complexity index is 621. The monoisotopic (exact) mass is 370 g/mol. The Morgan fingerprint density at radius 1 is 0.577 bits per heavy atom. The average Bonchev–Trinajstić information content (AvgIpc) is 3.34. The molecule has 0 bridgehead atoms. The molecule has 2 fully saturated rings. The Morgan fingerprint density at radius 2 is 0.846 bits per heavy atom. The summed E-state index contributed by atoms with van der Waals surface area (Å²) in [4.78, 5) is 50.9. The summed E-state index contributed by atoms with van der Waals surface area (Å²) in [7, 11) is 4.78. The summed E-state index contributed by atoms with van der Waals surface area (Å²) in [5.41, 5.74) is -5.17. The lowest BCUT2D eigenvalue weighted by Gasteiger charge is -2.29. The van der Waals surface area contributed by atoms with E-state index in [1.54, 1.807) is 27.7 Å². The molecule has 0 heterocycles. The molecule has 2 saturated carbocycles. The van der Waals surface area contributed by atoms with E-state index >= 15 is 0 Å². The maximum absolute atomic E-state index is 13.0. The van der Waals surface area contributed by atoms with Gasteiger partial charge in [-0.15, -0.1) is 0 Å². The summed E-state index contributed by atoms with van der Waals surface area (Å²) >= 11 is 0. The van der Waals surface area contributed by atoms with Crippen LogP contribution in [0.3, 0.4) is 0 Å². The van der Waals surface area contributed by atoms with Gasteiger partial charge < -0.3 is 18.9 Å². The zero-order chi connectivity index (χ0) is 20.3. The fourth-order valence-corrected chi connectivity index (χ4v) is 5.58. The summed E-state index contributed by atoms with van der Waals surface area (Å²) in [5.74, 6) is -4.70. The van der Waals surface area contributed by atoms with Crippen LogP contribution in [-0.4, -0.2) is 52.3 Å². The van der Waals surface area contributed by atoms with Crippen molar-refractivity contribution >= 4 is 23.9 Å². The number of esters is 4. The molecule has 2 unspecified atom stereocenters. The number of hydrogen-bond donors (Lipinski definition) is 0. The van der Waals surface area contributed by atoms with Gasteiger partial charge in [-0.3, -0.25) is 19.2 Å². The molecule has 0 spiro atoms. The van der Waals surface area contributed by atoms with E-state index < -0.39 is 57.4 Å². The van der Waals surface area contributed by atoms with Gasteiger partial charge in [0, 0.05) is 0 Å². The van der Waals surface area contributed by atoms with Crippen molar-refractivity contribution in [2.24, 2.45) is 33.5 Å². The lowest BCUT2D eigenvalue weighted by molar-refractivity contribution is -0.170. The maximum Gasteiger partial charge on any atom is 0.314 e. The first kappa shape index (κ1) is 20.2. The van der Waals surface area contributed by atoms with Crippen molar-refractivity contribution in [1.82, 2.24) is 0 Å². The summed E-state index contributed by atoms with van der Waals surface area (Å²) in [6.45, 7) is 6.72. The molecule has 8 heteroatoms. The molecule has 2 rings (SSSR count). The largest absolute Gasteiger partial charge is 0.469 e. The second-order valence-electron chi connectivity index (χ2n) is 7.95. The minimum atomic E-state index is -1.60. The highest BCUT2D eigenvalue weighted by Crippen LogP contribution is 2.90. The first-order valence-electron chi connectivity index (χ1n) is 8.25. The normalized spacial score (nSPS) is 35.7. The van der Waals surface area contributed by atoms with Gasteiger partial charge in [0.15, 0.2) is 0 Å². The lowest BCUT2D eigenvalue weighted by atomic mass is 9.73. The highest BCUT2D eigenvalue weighted by Gasteiger charge is 3.00. The van der Waals surface area contributed by atoms with Crippen LogP contribution < -0.4 is 0 Å². The second-order valence-corrected chi connectivity index (χ2v) is 7.95. The van der Waals surface area contributed by atoms with E-state index in [4.69, 9.17) is 18.9 Å². The fraction of sp³-hybridized carbons (Fsp3) is 0.778. The van der Waals surface area contributed by atoms with E-state index in [9.17, 15) is 19.2 Å². The Labute approximate surface area is 152 Å². The van der Waals surface area contributed by atoms with Crippen molar-refractivity contribution in [3.8, 4) is 0 Å². The molecule has 2 aliphatic carbocycles. The molecule has 0 aromatic heterocycles. The minimum absolute atomic E-state index is 0.644. The molecule has 4 atom stereocenters. The predicted octanol–water partition coefficient (Wildman–Crippen LogP) is 0.963. The number of rotatable bonds is 5. The van der Waals surface area contributed by atoms with Crippen LogP contribution in [0.5, 0.6) is 0 Å². The third-order valence-corrected chi connectivity index (χ3v) is 6.69. The van der Waals surface area contributed by atoms with Crippen LogP contribution in [0.15, 0.2) is 0 Å². The Morgan fingerprint density at radius 3 is 1.04 bits per heavy atom. The fourth-order valence-electron chi connectivity index (χ4n) is 5.58. The number of carbonyl (C=O) groups excluding carboxylic acids is 4. The Kier molecular flexibility index (Phi) is 4.42. The molecule has 0 aromatic rings. The minimum Gasteiger partial charge on any atom is -0.469 e. The van der Waals surface area contributed by atoms with Crippen molar-refractivity contribution in [2.75, 3.05) is 28.4 Å². The highest BCUT2D eigenvalue weighted by atomic mass is 16.5. The van der Waals surface area contributed by atoms with E-state index in [1.807, 2.05) is 0 Å². The smallest absolute Gasteiger partial charge is 0.314 e. The third-order valence-electron chi connectivity index (χ3n) is 6.69. The van der Waals surface area contributed by atoms with Crippen LogP contribution in [0.25, 0.3) is 0 Å². The van der Waals surface area contributed by atoms with Gasteiger partial charge >= 0.3 is 23.9 Å². The highest BCUT2D eigenvalue weighted by molar-refractivity contribution is 6.05. The van der Waals surface area contributed by atoms with E-state index in [0.29, 0.717) is 0 Å². The van der Waals surface area contributed by atoms with Crippen LogP contribution in [0, 0.1) is 33.5 Å². The van der Waals surface area contributed by atoms with Gasteiger partial charge in [-0.2, -0.15) is 0 Å². The van der Waals surface area contributed by atoms with Crippen LogP contribution in [0.4, 0.5) is 0 Å². The molecule has 0 saturated heterocycles. The number of methoxy groups -OCH3 is 4. The van der Waals surface area contributed by atoms with E-state index in [1.165, 1.54) is 28.4 Å². The van der Waals surface area contributed by atoms with Gasteiger partial charge in [0.2, 0.25) is 0 Å². The zero-order valence-corrected chi connectivity index (χ0v) is 16.4. The Hall–Kier alpha value is -2.12. The standard InChI is InChI=1S/C18H26O8/c1-15(2)9(11(19)23-5)17(15,13(21)25-7)18(14(22)26-8)10(12(20)24-6)16(18,3)4/h9-10H,1-8H3/t9?,10?,17-,18-/m0/s1. The van der Waals surface area contributed by atoms with E-state index in [2.05, 4.69) is 0 Å². The van der Waals surface area contributed by atoms with Gasteiger partial charge in [0.25, 0.3) is 0 Å². The lowest BCUT2D eigenvalue weighted by Crippen LogP contribution is -2.44. The molecular weight excluding hydrogens is 344 g/mol. The zero-order valence-electron chi connectivity index (χ0n) is 16.4. The van der Waals surface area contributed by atoms with Gasteiger partial charge in [-0.1, -0.05) is 27.7 Å². The van der Waals surface area contributed by atoms with Gasteiger partial charge in [-0.25, -0.2) is 0 Å². The number of hydrogen-bond acceptors (Lipinski definition) is 8. The van der Waals surface area contributed by atoms with Gasteiger partial charge in [-0.05, 0) is 10.8 Å². The molecule has 2 aliphatic rings.